The van der Waals surface area contributed by atoms with E-state index >= 15 is 0 Å². The molecule has 2 heteroatoms. The van der Waals surface area contributed by atoms with Crippen molar-refractivity contribution in [3.63, 3.8) is 0 Å². The lowest BCUT2D eigenvalue weighted by molar-refractivity contribution is 0.156. The van der Waals surface area contributed by atoms with E-state index in [9.17, 15) is 0 Å². The molecule has 0 aromatic heterocycles. The molecule has 102 valence electrons. The van der Waals surface area contributed by atoms with E-state index in [4.69, 9.17) is 0 Å². The molecule has 0 radical (unpaired) electrons. The monoisotopic (exact) mass is 240 g/mol. The molecule has 1 aliphatic carbocycles. The zero-order valence-corrected chi connectivity index (χ0v) is 12.5. The van der Waals surface area contributed by atoms with Gasteiger partial charge in [-0.3, -0.25) is 4.90 Å². The van der Waals surface area contributed by atoms with Gasteiger partial charge >= 0.3 is 0 Å². The Hall–Kier alpha value is -0.0800. The average molecular weight is 240 g/mol. The molecule has 0 aromatic carbocycles. The Morgan fingerprint density at radius 1 is 1.06 bits per heavy atom. The third-order valence-electron chi connectivity index (χ3n) is 3.46. The van der Waals surface area contributed by atoms with Gasteiger partial charge in [-0.1, -0.05) is 34.6 Å². The van der Waals surface area contributed by atoms with Crippen LogP contribution in [0.25, 0.3) is 0 Å². The van der Waals surface area contributed by atoms with E-state index in [2.05, 4.69) is 44.8 Å². The van der Waals surface area contributed by atoms with Gasteiger partial charge in [0.1, 0.15) is 0 Å². The number of nitrogens with one attached hydrogen (secondary N) is 1. The normalized spacial score (nSPS) is 18.4. The first kappa shape index (κ1) is 15.0. The summed E-state index contributed by atoms with van der Waals surface area (Å²) in [6.45, 7) is 15.1. The lowest BCUT2D eigenvalue weighted by Crippen LogP contribution is -2.45. The highest BCUT2D eigenvalue weighted by atomic mass is 15.2. The molecule has 1 fully saturated rings. The highest BCUT2D eigenvalue weighted by Crippen LogP contribution is 2.30. The maximum absolute atomic E-state index is 3.63. The molecule has 0 aliphatic heterocycles. The Labute approximate surface area is 108 Å². The maximum atomic E-state index is 3.63. The van der Waals surface area contributed by atoms with Crippen LogP contribution in [0.1, 0.15) is 53.9 Å². The molecule has 1 rings (SSSR count). The molecule has 1 aliphatic rings. The fourth-order valence-corrected chi connectivity index (χ4v) is 2.46. The van der Waals surface area contributed by atoms with E-state index < -0.39 is 0 Å². The van der Waals surface area contributed by atoms with Gasteiger partial charge in [-0.05, 0) is 37.6 Å². The summed E-state index contributed by atoms with van der Waals surface area (Å²) in [7, 11) is 0. The summed E-state index contributed by atoms with van der Waals surface area (Å²) >= 11 is 0. The molecule has 0 saturated heterocycles. The first-order valence-electron chi connectivity index (χ1n) is 7.51. The predicted molar refractivity (Wildman–Crippen MR) is 76.4 cm³/mol. The van der Waals surface area contributed by atoms with Gasteiger partial charge in [-0.15, -0.1) is 0 Å². The van der Waals surface area contributed by atoms with E-state index in [1.807, 2.05) is 0 Å². The van der Waals surface area contributed by atoms with Gasteiger partial charge in [0, 0.05) is 25.2 Å². The molecule has 0 spiro atoms. The second kappa shape index (κ2) is 7.38. The summed E-state index contributed by atoms with van der Waals surface area (Å²) in [5, 5.41) is 3.63. The van der Waals surface area contributed by atoms with Crippen LogP contribution in [0.4, 0.5) is 0 Å². The second-order valence-corrected chi connectivity index (χ2v) is 6.44. The van der Waals surface area contributed by atoms with Crippen molar-refractivity contribution in [2.24, 2.45) is 11.8 Å². The Bertz CT molecular complexity index is 197. The highest BCUT2D eigenvalue weighted by molar-refractivity contribution is 4.89. The van der Waals surface area contributed by atoms with Crippen LogP contribution in [0.5, 0.6) is 0 Å². The van der Waals surface area contributed by atoms with E-state index in [1.54, 1.807) is 0 Å². The van der Waals surface area contributed by atoms with Crippen molar-refractivity contribution in [3.8, 4) is 0 Å². The fourth-order valence-electron chi connectivity index (χ4n) is 2.46. The van der Waals surface area contributed by atoms with Gasteiger partial charge in [0.05, 0.1) is 0 Å². The first-order chi connectivity index (χ1) is 8.04. The van der Waals surface area contributed by atoms with Crippen LogP contribution in [-0.2, 0) is 0 Å². The van der Waals surface area contributed by atoms with Crippen LogP contribution in [0, 0.1) is 11.8 Å². The van der Waals surface area contributed by atoms with Gasteiger partial charge in [-0.2, -0.15) is 0 Å². The van der Waals surface area contributed by atoms with Gasteiger partial charge < -0.3 is 5.32 Å². The summed E-state index contributed by atoms with van der Waals surface area (Å²) in [4.78, 5) is 2.76. The molecule has 0 heterocycles. The number of nitrogens with zero attached hydrogens (tertiary/aromatic N) is 1. The SMILES string of the molecule is CCC(CNCC(C)C)N(CC(C)C)C1CC1. The lowest BCUT2D eigenvalue weighted by atomic mass is 10.1. The molecule has 1 N–H and O–H groups in total. The molecular formula is C15H32N2. The molecule has 17 heavy (non-hydrogen) atoms. The van der Waals surface area contributed by atoms with Crippen molar-refractivity contribution in [2.45, 2.75) is 66.0 Å². The average Bonchev–Trinajstić information content (AvgIpc) is 3.04. The minimum atomic E-state index is 0.739. The van der Waals surface area contributed by atoms with Crippen molar-refractivity contribution in [1.82, 2.24) is 10.2 Å². The first-order valence-corrected chi connectivity index (χ1v) is 7.51. The molecule has 2 nitrogen and oxygen atoms in total. The van der Waals surface area contributed by atoms with Gasteiger partial charge in [-0.25, -0.2) is 0 Å². The maximum Gasteiger partial charge on any atom is 0.0221 e. The Morgan fingerprint density at radius 2 is 1.71 bits per heavy atom. The minimum absolute atomic E-state index is 0.739. The summed E-state index contributed by atoms with van der Waals surface area (Å²) < 4.78 is 0. The number of hydrogen-bond donors (Lipinski definition) is 1. The Kier molecular flexibility index (Phi) is 6.50. The second-order valence-electron chi connectivity index (χ2n) is 6.44. The molecule has 0 aromatic rings. The standard InChI is InChI=1S/C15H32N2/c1-6-14(10-16-9-12(2)3)17(11-13(4)5)15-7-8-15/h12-16H,6-11H2,1-5H3. The largest absolute Gasteiger partial charge is 0.315 e. The lowest BCUT2D eigenvalue weighted by Gasteiger charge is -2.33. The molecule has 0 bridgehead atoms. The van der Waals surface area contributed by atoms with Crippen LogP contribution in [0.3, 0.4) is 0 Å². The minimum Gasteiger partial charge on any atom is -0.315 e. The van der Waals surface area contributed by atoms with Crippen molar-refractivity contribution in [3.05, 3.63) is 0 Å². The summed E-state index contributed by atoms with van der Waals surface area (Å²) in [5.74, 6) is 1.54. The van der Waals surface area contributed by atoms with Gasteiger partial charge in [0.25, 0.3) is 0 Å². The third-order valence-corrected chi connectivity index (χ3v) is 3.46. The van der Waals surface area contributed by atoms with E-state index in [-0.39, 0.29) is 0 Å². The number of hydrogen-bond acceptors (Lipinski definition) is 2. The Balaban J connectivity index is 2.38. The van der Waals surface area contributed by atoms with Crippen LogP contribution in [0.15, 0.2) is 0 Å². The smallest absolute Gasteiger partial charge is 0.0221 e. The van der Waals surface area contributed by atoms with E-state index in [1.165, 1.54) is 25.8 Å². The summed E-state index contributed by atoms with van der Waals surface area (Å²) in [6, 6.07) is 1.63. The van der Waals surface area contributed by atoms with Crippen molar-refractivity contribution < 1.29 is 0 Å². The van der Waals surface area contributed by atoms with Crippen molar-refractivity contribution in [2.75, 3.05) is 19.6 Å². The summed E-state index contributed by atoms with van der Waals surface area (Å²) in [5.41, 5.74) is 0. The molecule has 1 saturated carbocycles. The fraction of sp³-hybridized carbons (Fsp3) is 1.00. The van der Waals surface area contributed by atoms with Crippen LogP contribution < -0.4 is 5.32 Å². The summed E-state index contributed by atoms with van der Waals surface area (Å²) in [6.07, 6.45) is 4.12. The van der Waals surface area contributed by atoms with E-state index in [0.29, 0.717) is 0 Å². The molecule has 0 amide bonds. The van der Waals surface area contributed by atoms with E-state index in [0.717, 1.165) is 37.0 Å². The van der Waals surface area contributed by atoms with Crippen LogP contribution in [-0.4, -0.2) is 36.6 Å². The van der Waals surface area contributed by atoms with Crippen molar-refractivity contribution in [1.29, 1.82) is 0 Å². The van der Waals surface area contributed by atoms with Crippen LogP contribution >= 0.6 is 0 Å². The van der Waals surface area contributed by atoms with Gasteiger partial charge in [0.2, 0.25) is 0 Å². The predicted octanol–water partition coefficient (Wildman–Crippen LogP) is 3.13. The Morgan fingerprint density at radius 3 is 2.12 bits per heavy atom. The zero-order valence-electron chi connectivity index (χ0n) is 12.5. The molecule has 1 atom stereocenters. The van der Waals surface area contributed by atoms with Gasteiger partial charge in [0.15, 0.2) is 0 Å². The topological polar surface area (TPSA) is 15.3 Å². The molecule has 1 unspecified atom stereocenters. The zero-order chi connectivity index (χ0) is 12.8. The van der Waals surface area contributed by atoms with Crippen molar-refractivity contribution >= 4 is 0 Å². The third kappa shape index (κ3) is 5.87. The quantitative estimate of drug-likeness (QED) is 0.666. The van der Waals surface area contributed by atoms with Crippen LogP contribution in [0.2, 0.25) is 0 Å². The highest BCUT2D eigenvalue weighted by Gasteiger charge is 2.33. The number of rotatable bonds is 9. The molecular weight excluding hydrogens is 208 g/mol.